The largest absolute Gasteiger partial charge is 0.394 e. The minimum absolute atomic E-state index is 0.195. The van der Waals surface area contributed by atoms with E-state index in [2.05, 4.69) is 0 Å². The smallest absolute Gasteiger partial charge is 0.253 e. The fourth-order valence-corrected chi connectivity index (χ4v) is 7.42. The molecule has 4 heterocycles. The summed E-state index contributed by atoms with van der Waals surface area (Å²) in [5.74, 6) is -2.73. The highest BCUT2D eigenvalue weighted by Gasteiger charge is 2.72. The van der Waals surface area contributed by atoms with Crippen molar-refractivity contribution in [1.82, 2.24) is 9.80 Å². The standard InChI is InChI=1S/C35H32ClN3O5/c36-25-14-16-26(17-15-25)38-20-8-18-35-30(33(42)39(31(35)34(38)43)27(22-40)24-11-5-2-6-12-24)29-28(44-35)13-7-19-37(32(29)41)21-23-9-3-1-4-10-23/h1-18,27-31,40H,19-22H2/t27-,28-,29+,30+,31?,35+/m1/s1. The van der Waals surface area contributed by atoms with E-state index in [-0.39, 0.29) is 24.3 Å². The molecule has 2 saturated heterocycles. The van der Waals surface area contributed by atoms with Crippen molar-refractivity contribution in [1.29, 1.82) is 0 Å². The predicted octanol–water partition coefficient (Wildman–Crippen LogP) is 4.16. The number of aliphatic hydroxyl groups excluding tert-OH is 1. The van der Waals surface area contributed by atoms with Crippen LogP contribution >= 0.6 is 11.6 Å². The highest BCUT2D eigenvalue weighted by Crippen LogP contribution is 2.55. The molecule has 3 amide bonds. The summed E-state index contributed by atoms with van der Waals surface area (Å²) in [7, 11) is 0. The molecule has 8 nitrogen and oxygen atoms in total. The van der Waals surface area contributed by atoms with E-state index in [0.717, 1.165) is 5.56 Å². The van der Waals surface area contributed by atoms with Crippen LogP contribution in [-0.2, 0) is 25.7 Å². The Morgan fingerprint density at radius 2 is 1.57 bits per heavy atom. The van der Waals surface area contributed by atoms with Gasteiger partial charge in [-0.2, -0.15) is 0 Å². The number of carbonyl (C=O) groups excluding carboxylic acids is 3. The normalized spacial score (nSPS) is 28.4. The maximum Gasteiger partial charge on any atom is 0.253 e. The fraction of sp³-hybridized carbons (Fsp3) is 0.286. The van der Waals surface area contributed by atoms with Crippen LogP contribution in [0.25, 0.3) is 0 Å². The van der Waals surface area contributed by atoms with Crippen molar-refractivity contribution in [2.24, 2.45) is 11.8 Å². The molecule has 224 valence electrons. The Morgan fingerprint density at radius 3 is 2.27 bits per heavy atom. The quantitative estimate of drug-likeness (QED) is 0.424. The number of rotatable bonds is 6. The number of ether oxygens (including phenoxy) is 1. The van der Waals surface area contributed by atoms with Gasteiger partial charge in [-0.1, -0.05) is 96.6 Å². The molecule has 3 aromatic carbocycles. The second kappa shape index (κ2) is 11.4. The summed E-state index contributed by atoms with van der Waals surface area (Å²) in [4.78, 5) is 48.6. The molecule has 0 saturated carbocycles. The maximum atomic E-state index is 14.8. The van der Waals surface area contributed by atoms with Crippen molar-refractivity contribution in [2.45, 2.75) is 30.3 Å². The van der Waals surface area contributed by atoms with E-state index in [4.69, 9.17) is 16.3 Å². The van der Waals surface area contributed by atoms with E-state index in [1.807, 2.05) is 85.0 Å². The molecular formula is C35H32ClN3O5. The van der Waals surface area contributed by atoms with Gasteiger partial charge >= 0.3 is 0 Å². The Kier molecular flexibility index (Phi) is 7.36. The van der Waals surface area contributed by atoms with Gasteiger partial charge in [0.1, 0.15) is 11.6 Å². The lowest BCUT2D eigenvalue weighted by molar-refractivity contribution is -0.147. The van der Waals surface area contributed by atoms with Crippen LogP contribution < -0.4 is 4.90 Å². The third-order valence-electron chi connectivity index (χ3n) is 9.23. The average molecular weight is 610 g/mol. The number of hydrogen-bond acceptors (Lipinski definition) is 5. The number of amides is 3. The van der Waals surface area contributed by atoms with Crippen molar-refractivity contribution in [3.63, 3.8) is 0 Å². The molecule has 6 atom stereocenters. The molecule has 9 heteroatoms. The van der Waals surface area contributed by atoms with Crippen molar-refractivity contribution >= 4 is 35.0 Å². The van der Waals surface area contributed by atoms with Crippen LogP contribution in [0.1, 0.15) is 17.2 Å². The summed E-state index contributed by atoms with van der Waals surface area (Å²) >= 11 is 6.15. The third kappa shape index (κ3) is 4.56. The van der Waals surface area contributed by atoms with Gasteiger partial charge in [-0.3, -0.25) is 14.4 Å². The second-order valence-corrected chi connectivity index (χ2v) is 12.1. The van der Waals surface area contributed by atoms with Crippen molar-refractivity contribution in [2.75, 3.05) is 24.6 Å². The van der Waals surface area contributed by atoms with Crippen molar-refractivity contribution < 1.29 is 24.2 Å². The number of nitrogens with zero attached hydrogens (tertiary/aromatic N) is 3. The Labute approximate surface area is 260 Å². The van der Waals surface area contributed by atoms with E-state index >= 15 is 0 Å². The summed E-state index contributed by atoms with van der Waals surface area (Å²) in [6, 6.07) is 23.9. The number of halogens is 1. The van der Waals surface area contributed by atoms with Crippen LogP contribution in [0.3, 0.4) is 0 Å². The highest BCUT2D eigenvalue weighted by atomic mass is 35.5. The third-order valence-corrected chi connectivity index (χ3v) is 9.48. The molecule has 3 aromatic rings. The van der Waals surface area contributed by atoms with Gasteiger partial charge in [-0.15, -0.1) is 0 Å². The summed E-state index contributed by atoms with van der Waals surface area (Å²) in [5, 5.41) is 11.3. The number of fused-ring (bicyclic) bond motifs is 2. The minimum atomic E-state index is -1.41. The Hall–Kier alpha value is -4.24. The number of benzene rings is 3. The number of aliphatic hydroxyl groups is 1. The maximum absolute atomic E-state index is 14.8. The zero-order valence-electron chi connectivity index (χ0n) is 23.9. The van der Waals surface area contributed by atoms with Gasteiger partial charge in [-0.05, 0) is 35.4 Å². The predicted molar refractivity (Wildman–Crippen MR) is 165 cm³/mol. The van der Waals surface area contributed by atoms with Gasteiger partial charge < -0.3 is 24.5 Å². The molecule has 2 fully saturated rings. The van der Waals surface area contributed by atoms with Crippen LogP contribution in [-0.4, -0.2) is 70.1 Å². The summed E-state index contributed by atoms with van der Waals surface area (Å²) in [6.07, 6.45) is 6.73. The molecule has 4 aliphatic rings. The lowest BCUT2D eigenvalue weighted by atomic mass is 9.77. The zero-order chi connectivity index (χ0) is 30.4. The first-order chi connectivity index (χ1) is 21.4. The monoisotopic (exact) mass is 609 g/mol. The van der Waals surface area contributed by atoms with Gasteiger partial charge in [0.25, 0.3) is 5.91 Å². The van der Waals surface area contributed by atoms with Crippen LogP contribution in [0.4, 0.5) is 5.69 Å². The molecule has 1 N–H and O–H groups in total. The molecule has 0 bridgehead atoms. The molecule has 1 unspecified atom stereocenters. The Bertz CT molecular complexity index is 1630. The van der Waals surface area contributed by atoms with E-state index in [9.17, 15) is 19.5 Å². The molecule has 0 aliphatic carbocycles. The van der Waals surface area contributed by atoms with Gasteiger partial charge in [0, 0.05) is 30.3 Å². The average Bonchev–Trinajstić information content (AvgIpc) is 3.36. The summed E-state index contributed by atoms with van der Waals surface area (Å²) in [6.45, 7) is 0.602. The lowest BCUT2D eigenvalue weighted by Crippen LogP contribution is -2.56. The number of likely N-dealkylation sites (tertiary alicyclic amines) is 1. The number of carbonyl (C=O) groups is 3. The lowest BCUT2D eigenvalue weighted by Gasteiger charge is -2.38. The number of anilines is 1. The second-order valence-electron chi connectivity index (χ2n) is 11.7. The van der Waals surface area contributed by atoms with E-state index < -0.39 is 42.2 Å². The van der Waals surface area contributed by atoms with Crippen LogP contribution in [0, 0.1) is 11.8 Å². The minimum Gasteiger partial charge on any atom is -0.394 e. The molecule has 44 heavy (non-hydrogen) atoms. The van der Waals surface area contributed by atoms with Gasteiger partial charge in [0.05, 0.1) is 30.6 Å². The Balaban J connectivity index is 1.34. The van der Waals surface area contributed by atoms with Gasteiger partial charge in [0.2, 0.25) is 11.8 Å². The molecule has 4 aliphatic heterocycles. The summed E-state index contributed by atoms with van der Waals surface area (Å²) in [5.41, 5.74) is 0.871. The zero-order valence-corrected chi connectivity index (χ0v) is 24.7. The molecular weight excluding hydrogens is 578 g/mol. The number of hydrogen-bond donors (Lipinski definition) is 1. The van der Waals surface area contributed by atoms with Crippen molar-refractivity contribution in [3.8, 4) is 0 Å². The van der Waals surface area contributed by atoms with E-state index in [1.54, 1.807) is 34.1 Å². The van der Waals surface area contributed by atoms with Crippen molar-refractivity contribution in [3.05, 3.63) is 125 Å². The van der Waals surface area contributed by atoms with Gasteiger partial charge in [-0.25, -0.2) is 0 Å². The molecule has 0 aromatic heterocycles. The van der Waals surface area contributed by atoms with Crippen LogP contribution in [0.15, 0.2) is 109 Å². The first-order valence-electron chi connectivity index (χ1n) is 14.8. The molecule has 0 radical (unpaired) electrons. The first-order valence-corrected chi connectivity index (χ1v) is 15.2. The highest BCUT2D eigenvalue weighted by molar-refractivity contribution is 6.30. The molecule has 1 spiro atoms. The van der Waals surface area contributed by atoms with Crippen LogP contribution in [0.2, 0.25) is 5.02 Å². The van der Waals surface area contributed by atoms with Gasteiger partial charge in [0.15, 0.2) is 0 Å². The summed E-state index contributed by atoms with van der Waals surface area (Å²) < 4.78 is 6.78. The fourth-order valence-electron chi connectivity index (χ4n) is 7.29. The SMILES string of the molecule is O=C1[C@@H]2[C@H]3C(=O)N([C@H](CO)c4ccccc4)C4C(=O)N(c5ccc(Cl)cc5)CC=C[C@@]43O[C@@H]2C=CCN1Cc1ccccc1. The first kappa shape index (κ1) is 28.5. The van der Waals surface area contributed by atoms with E-state index in [0.29, 0.717) is 29.4 Å². The molecule has 7 rings (SSSR count). The van der Waals surface area contributed by atoms with E-state index in [1.165, 1.54) is 4.90 Å². The Morgan fingerprint density at radius 1 is 0.864 bits per heavy atom. The topological polar surface area (TPSA) is 90.4 Å². The van der Waals surface area contributed by atoms with Crippen LogP contribution in [0.5, 0.6) is 0 Å².